The van der Waals surface area contributed by atoms with Gasteiger partial charge in [0.1, 0.15) is 0 Å². The average molecular weight is 376 g/mol. The van der Waals surface area contributed by atoms with Crippen molar-refractivity contribution in [3.63, 3.8) is 0 Å². The quantitative estimate of drug-likeness (QED) is 0.806. The standard InChI is InChI=1S/C19H22ClN3O3/c20-16-4-2-1-3-15(16)19(26)22-9-7-21(8-10-22)18(25)13-11-17(24)23(12-13)14-5-6-14/h1-4,13-14H,5-12H2. The molecule has 0 N–H and O–H groups in total. The highest BCUT2D eigenvalue weighted by Gasteiger charge is 2.43. The predicted molar refractivity (Wildman–Crippen MR) is 96.8 cm³/mol. The lowest BCUT2D eigenvalue weighted by atomic mass is 10.1. The molecule has 1 aliphatic carbocycles. The van der Waals surface area contributed by atoms with Crippen LogP contribution in [0.3, 0.4) is 0 Å². The van der Waals surface area contributed by atoms with E-state index < -0.39 is 0 Å². The van der Waals surface area contributed by atoms with Gasteiger partial charge in [0.2, 0.25) is 11.8 Å². The Balaban J connectivity index is 1.33. The number of carbonyl (C=O) groups is 3. The van der Waals surface area contributed by atoms with Gasteiger partial charge in [-0.25, -0.2) is 0 Å². The second kappa shape index (κ2) is 6.91. The third kappa shape index (κ3) is 3.30. The Morgan fingerprint density at radius 2 is 1.65 bits per heavy atom. The summed E-state index contributed by atoms with van der Waals surface area (Å²) in [5.41, 5.74) is 0.496. The number of halogens is 1. The van der Waals surface area contributed by atoms with Crippen LogP contribution in [0.5, 0.6) is 0 Å². The first-order valence-electron chi connectivity index (χ1n) is 9.16. The molecule has 3 amide bonds. The Morgan fingerprint density at radius 3 is 2.31 bits per heavy atom. The molecule has 1 unspecified atom stereocenters. The zero-order valence-electron chi connectivity index (χ0n) is 14.6. The summed E-state index contributed by atoms with van der Waals surface area (Å²) in [6.45, 7) is 2.54. The number of piperazine rings is 1. The molecule has 2 saturated heterocycles. The van der Waals surface area contributed by atoms with E-state index in [-0.39, 0.29) is 23.6 Å². The molecular weight excluding hydrogens is 354 g/mol. The third-order valence-corrected chi connectivity index (χ3v) is 5.81. The van der Waals surface area contributed by atoms with Gasteiger partial charge < -0.3 is 14.7 Å². The third-order valence-electron chi connectivity index (χ3n) is 5.48. The highest BCUT2D eigenvalue weighted by atomic mass is 35.5. The van der Waals surface area contributed by atoms with E-state index in [0.29, 0.717) is 55.8 Å². The minimum Gasteiger partial charge on any atom is -0.339 e. The van der Waals surface area contributed by atoms with Gasteiger partial charge in [-0.05, 0) is 25.0 Å². The molecule has 1 atom stereocenters. The van der Waals surface area contributed by atoms with Gasteiger partial charge in [0.15, 0.2) is 0 Å². The maximum atomic E-state index is 12.8. The number of likely N-dealkylation sites (tertiary alicyclic amines) is 1. The van der Waals surface area contributed by atoms with E-state index in [1.54, 1.807) is 34.1 Å². The van der Waals surface area contributed by atoms with E-state index in [9.17, 15) is 14.4 Å². The SMILES string of the molecule is O=C(c1ccccc1Cl)N1CCN(C(=O)C2CC(=O)N(C3CC3)C2)CC1. The number of hydrogen-bond acceptors (Lipinski definition) is 3. The van der Waals surface area contributed by atoms with Crippen LogP contribution >= 0.6 is 11.6 Å². The van der Waals surface area contributed by atoms with Gasteiger partial charge >= 0.3 is 0 Å². The Hall–Kier alpha value is -2.08. The second-order valence-electron chi connectivity index (χ2n) is 7.28. The Bertz CT molecular complexity index is 741. The van der Waals surface area contributed by atoms with Gasteiger partial charge in [0, 0.05) is 45.2 Å². The zero-order valence-corrected chi connectivity index (χ0v) is 15.3. The minimum absolute atomic E-state index is 0.0475. The Labute approximate surface area is 157 Å². The number of carbonyl (C=O) groups excluding carboxylic acids is 3. The van der Waals surface area contributed by atoms with Crippen LogP contribution < -0.4 is 0 Å². The van der Waals surface area contributed by atoms with Crippen LogP contribution in [0.2, 0.25) is 5.02 Å². The van der Waals surface area contributed by atoms with Gasteiger partial charge in [-0.1, -0.05) is 23.7 Å². The molecule has 1 aromatic rings. The normalized spacial score (nSPS) is 23.5. The molecule has 2 heterocycles. The molecule has 0 radical (unpaired) electrons. The minimum atomic E-state index is -0.228. The first-order valence-corrected chi connectivity index (χ1v) is 9.54. The van der Waals surface area contributed by atoms with Gasteiger partial charge in [-0.15, -0.1) is 0 Å². The van der Waals surface area contributed by atoms with Gasteiger partial charge in [-0.3, -0.25) is 14.4 Å². The molecule has 2 aliphatic heterocycles. The molecule has 0 spiro atoms. The van der Waals surface area contributed by atoms with E-state index in [1.807, 2.05) is 4.90 Å². The summed E-state index contributed by atoms with van der Waals surface area (Å²) < 4.78 is 0. The van der Waals surface area contributed by atoms with Crippen LogP contribution in [0.4, 0.5) is 0 Å². The first-order chi connectivity index (χ1) is 12.5. The maximum absolute atomic E-state index is 12.8. The lowest BCUT2D eigenvalue weighted by molar-refractivity contribution is -0.137. The summed E-state index contributed by atoms with van der Waals surface area (Å²) >= 11 is 6.11. The van der Waals surface area contributed by atoms with Crippen molar-refractivity contribution in [2.75, 3.05) is 32.7 Å². The smallest absolute Gasteiger partial charge is 0.255 e. The van der Waals surface area contributed by atoms with Crippen molar-refractivity contribution in [1.82, 2.24) is 14.7 Å². The van der Waals surface area contributed by atoms with E-state index >= 15 is 0 Å². The molecular formula is C19H22ClN3O3. The van der Waals surface area contributed by atoms with Crippen LogP contribution in [0, 0.1) is 5.92 Å². The number of hydrogen-bond donors (Lipinski definition) is 0. The monoisotopic (exact) mass is 375 g/mol. The fourth-order valence-electron chi connectivity index (χ4n) is 3.83. The lowest BCUT2D eigenvalue weighted by Gasteiger charge is -2.36. The van der Waals surface area contributed by atoms with Crippen molar-refractivity contribution >= 4 is 29.3 Å². The zero-order chi connectivity index (χ0) is 18.3. The Kier molecular flexibility index (Phi) is 4.61. The van der Waals surface area contributed by atoms with Gasteiger partial charge in [-0.2, -0.15) is 0 Å². The summed E-state index contributed by atoms with van der Waals surface area (Å²) in [6, 6.07) is 7.38. The van der Waals surface area contributed by atoms with Crippen LogP contribution in [0.1, 0.15) is 29.6 Å². The average Bonchev–Trinajstić information content (AvgIpc) is 3.43. The molecule has 26 heavy (non-hydrogen) atoms. The molecule has 3 fully saturated rings. The van der Waals surface area contributed by atoms with Crippen molar-refractivity contribution in [1.29, 1.82) is 0 Å². The molecule has 1 saturated carbocycles. The van der Waals surface area contributed by atoms with E-state index in [1.165, 1.54) is 0 Å². The number of benzene rings is 1. The fourth-order valence-corrected chi connectivity index (χ4v) is 4.05. The molecule has 3 aliphatic rings. The van der Waals surface area contributed by atoms with Gasteiger partial charge in [0.25, 0.3) is 5.91 Å². The molecule has 0 aromatic heterocycles. The van der Waals surface area contributed by atoms with Gasteiger partial charge in [0.05, 0.1) is 16.5 Å². The van der Waals surface area contributed by atoms with Crippen molar-refractivity contribution in [2.24, 2.45) is 5.92 Å². The predicted octanol–water partition coefficient (Wildman–Crippen LogP) is 1.64. The largest absolute Gasteiger partial charge is 0.339 e. The first kappa shape index (κ1) is 17.3. The molecule has 4 rings (SSSR count). The molecule has 0 bridgehead atoms. The maximum Gasteiger partial charge on any atom is 0.255 e. The number of rotatable bonds is 3. The van der Waals surface area contributed by atoms with Crippen LogP contribution in [-0.2, 0) is 9.59 Å². The molecule has 7 heteroatoms. The Morgan fingerprint density at radius 1 is 1.00 bits per heavy atom. The van der Waals surface area contributed by atoms with E-state index in [0.717, 1.165) is 12.8 Å². The second-order valence-corrected chi connectivity index (χ2v) is 7.68. The molecule has 6 nitrogen and oxygen atoms in total. The number of nitrogens with zero attached hydrogens (tertiary/aromatic N) is 3. The van der Waals surface area contributed by atoms with Crippen LogP contribution in [-0.4, -0.2) is 71.2 Å². The highest BCUT2D eigenvalue weighted by Crippen LogP contribution is 2.33. The fraction of sp³-hybridized carbons (Fsp3) is 0.526. The summed E-state index contributed by atoms with van der Waals surface area (Å²) in [5, 5.41) is 0.445. The topological polar surface area (TPSA) is 60.9 Å². The summed E-state index contributed by atoms with van der Waals surface area (Å²) in [6.07, 6.45) is 2.46. The van der Waals surface area contributed by atoms with Crippen molar-refractivity contribution in [2.45, 2.75) is 25.3 Å². The summed E-state index contributed by atoms with van der Waals surface area (Å²) in [5.74, 6) is -0.169. The number of amides is 3. The van der Waals surface area contributed by atoms with Crippen molar-refractivity contribution in [3.8, 4) is 0 Å². The molecule has 1 aromatic carbocycles. The van der Waals surface area contributed by atoms with Crippen LogP contribution in [0.25, 0.3) is 0 Å². The van der Waals surface area contributed by atoms with Crippen molar-refractivity contribution < 1.29 is 14.4 Å². The lowest BCUT2D eigenvalue weighted by Crippen LogP contribution is -2.52. The van der Waals surface area contributed by atoms with Crippen molar-refractivity contribution in [3.05, 3.63) is 34.9 Å². The summed E-state index contributed by atoms with van der Waals surface area (Å²) in [4.78, 5) is 42.8. The highest BCUT2D eigenvalue weighted by molar-refractivity contribution is 6.33. The van der Waals surface area contributed by atoms with Crippen LogP contribution in [0.15, 0.2) is 24.3 Å². The van der Waals surface area contributed by atoms with E-state index in [4.69, 9.17) is 11.6 Å². The summed E-state index contributed by atoms with van der Waals surface area (Å²) in [7, 11) is 0. The molecule has 138 valence electrons. The van der Waals surface area contributed by atoms with E-state index in [2.05, 4.69) is 0 Å².